The fourth-order valence-corrected chi connectivity index (χ4v) is 8.80. The average Bonchev–Trinajstić information content (AvgIpc) is 3.57. The Morgan fingerprint density at radius 2 is 0.574 bits per heavy atom. The van der Waals surface area contributed by atoms with E-state index in [1.165, 1.54) is 296 Å². The summed E-state index contributed by atoms with van der Waals surface area (Å²) >= 11 is 0. The van der Waals surface area contributed by atoms with E-state index in [0.29, 0.717) is 0 Å². The number of nitrogens with zero attached hydrogens (tertiary/aromatic N) is 2. The molecule has 0 aromatic carbocycles. The van der Waals surface area contributed by atoms with Gasteiger partial charge in [0.05, 0.1) is 13.1 Å². The zero-order chi connectivity index (χ0) is 38.7. The van der Waals surface area contributed by atoms with Gasteiger partial charge in [-0.2, -0.15) is 0 Å². The summed E-state index contributed by atoms with van der Waals surface area (Å²) in [7, 11) is 0. The summed E-state index contributed by atoms with van der Waals surface area (Å²) in [6.45, 7) is 9.42. The van der Waals surface area contributed by atoms with Crippen molar-refractivity contribution in [2.24, 2.45) is 0 Å². The van der Waals surface area contributed by atoms with Gasteiger partial charge in [-0.05, 0) is 32.1 Å². The van der Waals surface area contributed by atoms with Crippen LogP contribution in [-0.2, 0) is 19.5 Å². The molecule has 2 heteroatoms. The second-order valence-electron chi connectivity index (χ2n) is 18.0. The summed E-state index contributed by atoms with van der Waals surface area (Å²) in [6.07, 6.45) is 68.3. The fourth-order valence-electron chi connectivity index (χ4n) is 8.80. The van der Waals surface area contributed by atoms with E-state index in [-0.39, 0.29) is 0 Å². The minimum absolute atomic E-state index is 1.23. The Morgan fingerprint density at radius 1 is 0.315 bits per heavy atom. The van der Waals surface area contributed by atoms with Gasteiger partial charge in [-0.15, -0.1) is 0 Å². The molecule has 1 rings (SSSR count). The highest BCUT2D eigenvalue weighted by molar-refractivity contribution is 4.84. The highest BCUT2D eigenvalue weighted by Crippen LogP contribution is 2.17. The van der Waals surface area contributed by atoms with Gasteiger partial charge in [0.15, 0.2) is 0 Å². The van der Waals surface area contributed by atoms with Crippen LogP contribution in [0.15, 0.2) is 12.4 Å². The van der Waals surface area contributed by atoms with Gasteiger partial charge in [0, 0.05) is 6.42 Å². The fraction of sp³-hybridized carbons (Fsp3) is 0.942. The van der Waals surface area contributed by atoms with Crippen LogP contribution >= 0.6 is 0 Å². The van der Waals surface area contributed by atoms with Gasteiger partial charge in [-0.1, -0.05) is 265 Å². The molecule has 0 atom stereocenters. The van der Waals surface area contributed by atoms with Crippen LogP contribution in [0, 0.1) is 0 Å². The molecule has 0 saturated heterocycles. The van der Waals surface area contributed by atoms with Crippen molar-refractivity contribution >= 4 is 0 Å². The lowest BCUT2D eigenvalue weighted by molar-refractivity contribution is -0.704. The molecule has 0 amide bonds. The highest BCUT2D eigenvalue weighted by atomic mass is 15.1. The zero-order valence-electron chi connectivity index (χ0n) is 38.1. The Labute approximate surface area is 342 Å². The maximum atomic E-state index is 2.66. The van der Waals surface area contributed by atoms with Crippen LogP contribution in [0.2, 0.25) is 0 Å². The summed E-state index contributed by atoms with van der Waals surface area (Å²) in [5, 5.41) is 0. The molecular formula is C52H103N2+. The molecular weight excluding hydrogens is 653 g/mol. The number of rotatable bonds is 46. The first kappa shape index (κ1) is 51.2. The maximum Gasteiger partial charge on any atom is 0.256 e. The van der Waals surface area contributed by atoms with Crippen molar-refractivity contribution in [3.8, 4) is 0 Å². The van der Waals surface area contributed by atoms with Crippen LogP contribution in [0.25, 0.3) is 0 Å². The molecule has 0 radical (unpaired) electrons. The standard InChI is InChI=1S/C52H103N2/c1-4-7-10-13-16-19-22-25-27-29-31-34-37-40-43-46-49-54-51-50-53(48-45-42-39-36-33-24-21-18-15-12-9-6-3)52(54)47-44-41-38-35-32-30-28-26-23-20-17-14-11-8-5-2/h50-51H,4-49H2,1-3H3/q+1. The highest BCUT2D eigenvalue weighted by Gasteiger charge is 2.16. The van der Waals surface area contributed by atoms with Crippen molar-refractivity contribution in [1.29, 1.82) is 0 Å². The van der Waals surface area contributed by atoms with Crippen molar-refractivity contribution in [3.05, 3.63) is 18.2 Å². The molecule has 1 aromatic rings. The lowest BCUT2D eigenvalue weighted by Gasteiger charge is -2.07. The van der Waals surface area contributed by atoms with Crippen molar-refractivity contribution in [1.82, 2.24) is 4.57 Å². The Morgan fingerprint density at radius 3 is 0.889 bits per heavy atom. The van der Waals surface area contributed by atoms with E-state index in [2.05, 4.69) is 42.3 Å². The molecule has 320 valence electrons. The summed E-state index contributed by atoms with van der Waals surface area (Å²) in [4.78, 5) is 0. The second-order valence-corrected chi connectivity index (χ2v) is 18.0. The minimum atomic E-state index is 1.23. The van der Waals surface area contributed by atoms with Crippen LogP contribution in [0.3, 0.4) is 0 Å². The van der Waals surface area contributed by atoms with Crippen LogP contribution in [0.1, 0.15) is 303 Å². The van der Waals surface area contributed by atoms with E-state index >= 15 is 0 Å². The summed E-state index contributed by atoms with van der Waals surface area (Å²) in [6, 6.07) is 0. The Balaban J connectivity index is 2.25. The van der Waals surface area contributed by atoms with Crippen LogP contribution in [-0.4, -0.2) is 4.57 Å². The van der Waals surface area contributed by atoms with Gasteiger partial charge >= 0.3 is 0 Å². The van der Waals surface area contributed by atoms with E-state index in [0.717, 1.165) is 0 Å². The molecule has 0 aliphatic carbocycles. The van der Waals surface area contributed by atoms with E-state index in [4.69, 9.17) is 0 Å². The number of hydrogen-bond donors (Lipinski definition) is 0. The van der Waals surface area contributed by atoms with Gasteiger partial charge in [-0.25, -0.2) is 9.13 Å². The average molecular weight is 756 g/mol. The Hall–Kier alpha value is -0.790. The quantitative estimate of drug-likeness (QED) is 0.0463. The molecule has 2 nitrogen and oxygen atoms in total. The van der Waals surface area contributed by atoms with Gasteiger partial charge in [-0.3, -0.25) is 0 Å². The number of imidazole rings is 1. The second kappa shape index (κ2) is 43.3. The third-order valence-corrected chi connectivity index (χ3v) is 12.6. The molecule has 0 unspecified atom stereocenters. The molecule has 0 saturated carbocycles. The summed E-state index contributed by atoms with van der Waals surface area (Å²) in [5.41, 5.74) is 0. The van der Waals surface area contributed by atoms with E-state index < -0.39 is 0 Å². The maximum absolute atomic E-state index is 2.66. The molecule has 0 aliphatic heterocycles. The van der Waals surface area contributed by atoms with Gasteiger partial charge in [0.25, 0.3) is 5.82 Å². The van der Waals surface area contributed by atoms with E-state index in [1.54, 1.807) is 5.82 Å². The topological polar surface area (TPSA) is 8.81 Å². The molecule has 1 heterocycles. The Bertz CT molecular complexity index is 826. The predicted molar refractivity (Wildman–Crippen MR) is 244 cm³/mol. The number of aromatic nitrogens is 2. The van der Waals surface area contributed by atoms with Crippen molar-refractivity contribution in [2.45, 2.75) is 316 Å². The molecule has 0 bridgehead atoms. The van der Waals surface area contributed by atoms with Crippen LogP contribution in [0.5, 0.6) is 0 Å². The van der Waals surface area contributed by atoms with Crippen molar-refractivity contribution < 1.29 is 4.57 Å². The number of hydrogen-bond acceptors (Lipinski definition) is 0. The summed E-state index contributed by atoms with van der Waals surface area (Å²) in [5.74, 6) is 1.63. The predicted octanol–water partition coefficient (Wildman–Crippen LogP) is 18.2. The number of unbranched alkanes of at least 4 members (excludes halogenated alkanes) is 40. The normalized spacial score (nSPS) is 11.7. The largest absolute Gasteiger partial charge is 0.256 e. The first-order chi connectivity index (χ1) is 26.8. The lowest BCUT2D eigenvalue weighted by atomic mass is 10.0. The van der Waals surface area contributed by atoms with Crippen molar-refractivity contribution in [2.75, 3.05) is 0 Å². The first-order valence-electron chi connectivity index (χ1n) is 25.9. The smallest absolute Gasteiger partial charge is 0.234 e. The van der Waals surface area contributed by atoms with Gasteiger partial charge in [0.1, 0.15) is 12.4 Å². The molecule has 54 heavy (non-hydrogen) atoms. The van der Waals surface area contributed by atoms with Crippen LogP contribution in [0.4, 0.5) is 0 Å². The van der Waals surface area contributed by atoms with Gasteiger partial charge in [0.2, 0.25) is 0 Å². The molecule has 0 fully saturated rings. The Kier molecular flexibility index (Phi) is 41.1. The van der Waals surface area contributed by atoms with Gasteiger partial charge < -0.3 is 0 Å². The lowest BCUT2D eigenvalue weighted by Crippen LogP contribution is -2.37. The molecule has 1 aromatic heterocycles. The molecule has 0 N–H and O–H groups in total. The van der Waals surface area contributed by atoms with Crippen LogP contribution < -0.4 is 4.57 Å². The van der Waals surface area contributed by atoms with E-state index in [9.17, 15) is 0 Å². The monoisotopic (exact) mass is 756 g/mol. The molecule has 0 aliphatic rings. The van der Waals surface area contributed by atoms with E-state index in [1.807, 2.05) is 0 Å². The zero-order valence-corrected chi connectivity index (χ0v) is 38.1. The summed E-state index contributed by atoms with van der Waals surface area (Å²) < 4.78 is 5.32. The molecule has 0 spiro atoms. The first-order valence-corrected chi connectivity index (χ1v) is 25.9. The number of aryl methyl sites for hydroxylation is 2. The minimum Gasteiger partial charge on any atom is -0.234 e. The van der Waals surface area contributed by atoms with Crippen molar-refractivity contribution in [3.63, 3.8) is 0 Å². The SMILES string of the molecule is CCCCCCCCCCCCCCCCCC[n+]1ccn(CCCCCCCCCCCCCC)c1CCCCCCCCCCCCCCCCC. The third kappa shape index (κ3) is 34.5. The third-order valence-electron chi connectivity index (χ3n) is 12.6.